The van der Waals surface area contributed by atoms with Gasteiger partial charge in [-0.1, -0.05) is 6.07 Å². The molecule has 3 rings (SSSR count). The van der Waals surface area contributed by atoms with Gasteiger partial charge in [0.1, 0.15) is 5.01 Å². The van der Waals surface area contributed by atoms with Crippen molar-refractivity contribution in [3.8, 4) is 9.88 Å². The van der Waals surface area contributed by atoms with E-state index in [9.17, 15) is 9.59 Å². The van der Waals surface area contributed by atoms with Crippen molar-refractivity contribution >= 4 is 40.2 Å². The van der Waals surface area contributed by atoms with Gasteiger partial charge in [0, 0.05) is 11.1 Å². The molecular weight excluding hydrogens is 344 g/mol. The molecule has 7 heteroatoms. The van der Waals surface area contributed by atoms with Gasteiger partial charge in [-0.15, -0.1) is 22.7 Å². The van der Waals surface area contributed by atoms with Gasteiger partial charge in [0.2, 0.25) is 5.91 Å². The second kappa shape index (κ2) is 7.37. The van der Waals surface area contributed by atoms with Crippen LogP contribution >= 0.6 is 22.7 Å². The Hall–Kier alpha value is -2.51. The van der Waals surface area contributed by atoms with Crippen molar-refractivity contribution < 1.29 is 14.3 Å². The normalized spacial score (nSPS) is 10.4. The number of benzene rings is 1. The van der Waals surface area contributed by atoms with Crippen molar-refractivity contribution in [1.29, 1.82) is 0 Å². The van der Waals surface area contributed by atoms with Gasteiger partial charge in [0.05, 0.1) is 29.7 Å². The monoisotopic (exact) mass is 358 g/mol. The van der Waals surface area contributed by atoms with Crippen molar-refractivity contribution in [1.82, 2.24) is 4.98 Å². The highest BCUT2D eigenvalue weighted by atomic mass is 32.1. The van der Waals surface area contributed by atoms with E-state index in [1.807, 2.05) is 22.9 Å². The number of rotatable bonds is 5. The fourth-order valence-electron chi connectivity index (χ4n) is 2.08. The minimum atomic E-state index is -0.406. The Morgan fingerprint density at radius 2 is 1.96 bits per heavy atom. The Labute approximate surface area is 146 Å². The van der Waals surface area contributed by atoms with E-state index < -0.39 is 5.97 Å². The van der Waals surface area contributed by atoms with E-state index in [2.05, 4.69) is 15.0 Å². The van der Waals surface area contributed by atoms with Crippen LogP contribution in [0.4, 0.5) is 5.69 Å². The summed E-state index contributed by atoms with van der Waals surface area (Å²) in [6.07, 6.45) is 0.209. The van der Waals surface area contributed by atoms with Crippen LogP contribution in [0.15, 0.2) is 47.2 Å². The summed E-state index contributed by atoms with van der Waals surface area (Å²) in [6.45, 7) is 0. The van der Waals surface area contributed by atoms with E-state index in [4.69, 9.17) is 0 Å². The molecule has 2 heterocycles. The Morgan fingerprint density at radius 1 is 1.17 bits per heavy atom. The minimum absolute atomic E-state index is 0.149. The first kappa shape index (κ1) is 16.4. The highest BCUT2D eigenvalue weighted by Gasteiger charge is 2.10. The summed E-state index contributed by atoms with van der Waals surface area (Å²) in [7, 11) is 1.33. The first-order valence-electron chi connectivity index (χ1n) is 7.12. The van der Waals surface area contributed by atoms with Crippen molar-refractivity contribution in [2.45, 2.75) is 6.42 Å². The van der Waals surface area contributed by atoms with E-state index in [-0.39, 0.29) is 12.3 Å². The van der Waals surface area contributed by atoms with E-state index in [1.165, 1.54) is 18.4 Å². The third kappa shape index (κ3) is 3.87. The average molecular weight is 358 g/mol. The van der Waals surface area contributed by atoms with Crippen LogP contribution in [-0.4, -0.2) is 24.0 Å². The maximum absolute atomic E-state index is 12.1. The van der Waals surface area contributed by atoms with E-state index in [0.29, 0.717) is 11.3 Å². The van der Waals surface area contributed by atoms with E-state index in [0.717, 1.165) is 15.6 Å². The molecule has 0 atom stereocenters. The first-order valence-corrected chi connectivity index (χ1v) is 8.88. The molecule has 0 aliphatic rings. The number of hydrogen-bond acceptors (Lipinski definition) is 6. The second-order valence-electron chi connectivity index (χ2n) is 4.92. The summed E-state index contributed by atoms with van der Waals surface area (Å²) in [5, 5.41) is 7.62. The largest absolute Gasteiger partial charge is 0.465 e. The number of carbonyl (C=O) groups is 2. The van der Waals surface area contributed by atoms with Crippen molar-refractivity contribution in [3.05, 3.63) is 58.4 Å². The van der Waals surface area contributed by atoms with Crippen LogP contribution in [0.1, 0.15) is 16.1 Å². The SMILES string of the molecule is COC(=O)c1ccc(NC(=O)Cc2csc(-c3cccs3)n2)cc1. The standard InChI is InChI=1S/C17H14N2O3S2/c1-22-17(21)11-4-6-12(7-5-11)18-15(20)9-13-10-24-16(19-13)14-3-2-8-23-14/h2-8,10H,9H2,1H3,(H,18,20). The summed E-state index contributed by atoms with van der Waals surface area (Å²) in [6, 6.07) is 10.5. The third-order valence-electron chi connectivity index (χ3n) is 3.22. The van der Waals surface area contributed by atoms with Gasteiger partial charge in [0.15, 0.2) is 0 Å². The molecule has 1 aromatic carbocycles. The van der Waals surface area contributed by atoms with Gasteiger partial charge in [-0.3, -0.25) is 4.79 Å². The molecule has 0 aliphatic carbocycles. The maximum Gasteiger partial charge on any atom is 0.337 e. The number of thiophene rings is 1. The molecule has 24 heavy (non-hydrogen) atoms. The number of ether oxygens (including phenoxy) is 1. The Kier molecular flexibility index (Phi) is 5.02. The quantitative estimate of drug-likeness (QED) is 0.704. The average Bonchev–Trinajstić information content (AvgIpc) is 3.26. The molecule has 3 aromatic rings. The predicted octanol–water partition coefficient (Wildman–Crippen LogP) is 3.84. The molecule has 0 unspecified atom stereocenters. The number of methoxy groups -OCH3 is 1. The number of anilines is 1. The van der Waals surface area contributed by atoms with Gasteiger partial charge < -0.3 is 10.1 Å². The number of esters is 1. The molecule has 5 nitrogen and oxygen atoms in total. The van der Waals surface area contributed by atoms with Crippen LogP contribution < -0.4 is 5.32 Å². The van der Waals surface area contributed by atoms with Gasteiger partial charge in [-0.25, -0.2) is 9.78 Å². The number of aromatic nitrogens is 1. The van der Waals surface area contributed by atoms with Crippen molar-refractivity contribution in [2.24, 2.45) is 0 Å². The molecule has 2 aromatic heterocycles. The van der Waals surface area contributed by atoms with Gasteiger partial charge in [0.25, 0.3) is 0 Å². The summed E-state index contributed by atoms with van der Waals surface area (Å²) in [5.41, 5.74) is 1.81. The number of nitrogens with zero attached hydrogens (tertiary/aromatic N) is 1. The second-order valence-corrected chi connectivity index (χ2v) is 6.72. The van der Waals surface area contributed by atoms with Crippen LogP contribution in [0.2, 0.25) is 0 Å². The summed E-state index contributed by atoms with van der Waals surface area (Å²) in [5.74, 6) is -0.555. The molecule has 1 N–H and O–H groups in total. The fourth-order valence-corrected chi connectivity index (χ4v) is 3.71. The van der Waals surface area contributed by atoms with Crippen LogP contribution in [0.25, 0.3) is 9.88 Å². The molecule has 0 saturated heterocycles. The van der Waals surface area contributed by atoms with Gasteiger partial charge in [-0.05, 0) is 35.7 Å². The van der Waals surface area contributed by atoms with Crippen molar-refractivity contribution in [2.75, 3.05) is 12.4 Å². The summed E-state index contributed by atoms with van der Waals surface area (Å²) in [4.78, 5) is 29.1. The molecule has 0 saturated carbocycles. The number of hydrogen-bond donors (Lipinski definition) is 1. The Morgan fingerprint density at radius 3 is 2.62 bits per heavy atom. The van der Waals surface area contributed by atoms with E-state index >= 15 is 0 Å². The zero-order valence-electron chi connectivity index (χ0n) is 12.8. The van der Waals surface area contributed by atoms with Crippen LogP contribution in [0.5, 0.6) is 0 Å². The molecule has 122 valence electrons. The number of thiazole rings is 1. The molecule has 0 fully saturated rings. The number of nitrogens with one attached hydrogen (secondary N) is 1. The third-order valence-corrected chi connectivity index (χ3v) is 5.15. The predicted molar refractivity (Wildman–Crippen MR) is 95.5 cm³/mol. The van der Waals surface area contributed by atoms with Gasteiger partial charge >= 0.3 is 5.97 Å². The fraction of sp³-hybridized carbons (Fsp3) is 0.118. The zero-order chi connectivity index (χ0) is 16.9. The topological polar surface area (TPSA) is 68.3 Å². The maximum atomic E-state index is 12.1. The molecule has 0 radical (unpaired) electrons. The lowest BCUT2D eigenvalue weighted by atomic mass is 10.2. The molecule has 1 amide bonds. The molecular formula is C17H14N2O3S2. The lowest BCUT2D eigenvalue weighted by Gasteiger charge is -2.05. The van der Waals surface area contributed by atoms with Crippen LogP contribution in [0, 0.1) is 0 Å². The smallest absolute Gasteiger partial charge is 0.337 e. The zero-order valence-corrected chi connectivity index (χ0v) is 14.4. The lowest BCUT2D eigenvalue weighted by molar-refractivity contribution is -0.115. The highest BCUT2D eigenvalue weighted by molar-refractivity contribution is 7.20. The summed E-state index contributed by atoms with van der Waals surface area (Å²) >= 11 is 3.16. The first-order chi connectivity index (χ1) is 11.7. The van der Waals surface area contributed by atoms with E-state index in [1.54, 1.807) is 35.6 Å². The lowest BCUT2D eigenvalue weighted by Crippen LogP contribution is -2.14. The molecule has 0 bridgehead atoms. The summed E-state index contributed by atoms with van der Waals surface area (Å²) < 4.78 is 4.64. The minimum Gasteiger partial charge on any atom is -0.465 e. The molecule has 0 spiro atoms. The van der Waals surface area contributed by atoms with Crippen LogP contribution in [-0.2, 0) is 16.0 Å². The molecule has 0 aliphatic heterocycles. The highest BCUT2D eigenvalue weighted by Crippen LogP contribution is 2.27. The van der Waals surface area contributed by atoms with Crippen LogP contribution in [0.3, 0.4) is 0 Å². The Bertz CT molecular complexity index is 839. The van der Waals surface area contributed by atoms with Gasteiger partial charge in [-0.2, -0.15) is 0 Å². The van der Waals surface area contributed by atoms with Crippen molar-refractivity contribution in [3.63, 3.8) is 0 Å². The number of amides is 1. The number of carbonyl (C=O) groups excluding carboxylic acids is 2. The Balaban J connectivity index is 1.60.